The van der Waals surface area contributed by atoms with E-state index in [9.17, 15) is 14.7 Å². The van der Waals surface area contributed by atoms with Gasteiger partial charge in [0.05, 0.1) is 7.11 Å². The molecule has 2 N–H and O–H groups in total. The molecule has 0 spiro atoms. The lowest BCUT2D eigenvalue weighted by molar-refractivity contribution is -0.153. The van der Waals surface area contributed by atoms with E-state index in [-0.39, 0.29) is 29.2 Å². The number of carbonyl (C=O) groups excluding carboxylic acids is 2. The van der Waals surface area contributed by atoms with Gasteiger partial charge in [0.1, 0.15) is 12.1 Å². The number of carbonyl (C=O) groups is 2. The van der Waals surface area contributed by atoms with Crippen LogP contribution >= 0.6 is 0 Å². The quantitative estimate of drug-likeness (QED) is 0.354. The van der Waals surface area contributed by atoms with Gasteiger partial charge in [0, 0.05) is 18.2 Å². The molecule has 2 aromatic carbocycles. The molecule has 0 aliphatic carbocycles. The van der Waals surface area contributed by atoms with E-state index in [0.717, 1.165) is 38.5 Å². The van der Waals surface area contributed by atoms with Crippen molar-refractivity contribution in [1.82, 2.24) is 10.3 Å². The highest BCUT2D eigenvalue weighted by Crippen LogP contribution is 2.34. The number of aromatic hydroxyl groups is 1. The maximum absolute atomic E-state index is 13.3. The molecule has 1 amide bonds. The Morgan fingerprint density at radius 3 is 2.44 bits per heavy atom. The predicted molar refractivity (Wildman–Crippen MR) is 150 cm³/mol. The lowest BCUT2D eigenvalue weighted by atomic mass is 9.77. The van der Waals surface area contributed by atoms with E-state index in [2.05, 4.69) is 46.7 Å². The highest BCUT2D eigenvalue weighted by Gasteiger charge is 2.34. The number of rotatable bonds is 9. The van der Waals surface area contributed by atoms with Gasteiger partial charge in [-0.3, -0.25) is 4.79 Å². The second-order valence-electron chi connectivity index (χ2n) is 10.3. The first kappa shape index (κ1) is 28.1. The molecular weight excluding hydrogens is 492 g/mol. The number of cyclic esters (lactones) is 1. The third kappa shape index (κ3) is 7.59. The molecule has 0 bridgehead atoms. The number of methoxy groups -OCH3 is 1. The Labute approximate surface area is 230 Å². The molecule has 2 heterocycles. The van der Waals surface area contributed by atoms with Gasteiger partial charge in [0.25, 0.3) is 5.91 Å². The molecular formula is C32H38N2O5. The van der Waals surface area contributed by atoms with Gasteiger partial charge in [-0.1, -0.05) is 67.1 Å². The van der Waals surface area contributed by atoms with Crippen molar-refractivity contribution in [3.05, 3.63) is 89.7 Å². The first-order chi connectivity index (χ1) is 19.0. The van der Waals surface area contributed by atoms with Crippen LogP contribution in [-0.4, -0.2) is 41.2 Å². The van der Waals surface area contributed by atoms with Gasteiger partial charge in [0.15, 0.2) is 17.2 Å². The van der Waals surface area contributed by atoms with Gasteiger partial charge < -0.3 is 19.9 Å². The molecule has 1 fully saturated rings. The SMILES string of the molecule is COc1ccnc(C(=O)NC2CCCC(CCCc3ccccc3)C(Cc3ccccc3)C(C)OC2=O)c1O. The maximum Gasteiger partial charge on any atom is 0.328 e. The van der Waals surface area contributed by atoms with Gasteiger partial charge >= 0.3 is 5.97 Å². The van der Waals surface area contributed by atoms with Crippen molar-refractivity contribution < 1.29 is 24.2 Å². The summed E-state index contributed by atoms with van der Waals surface area (Å²) in [4.78, 5) is 30.2. The topological polar surface area (TPSA) is 97.8 Å². The monoisotopic (exact) mass is 530 g/mol. The fourth-order valence-corrected chi connectivity index (χ4v) is 5.57. The molecule has 4 unspecified atom stereocenters. The Kier molecular flexibility index (Phi) is 9.95. The summed E-state index contributed by atoms with van der Waals surface area (Å²) >= 11 is 0. The van der Waals surface area contributed by atoms with Crippen LogP contribution in [0.3, 0.4) is 0 Å². The molecule has 39 heavy (non-hydrogen) atoms. The summed E-state index contributed by atoms with van der Waals surface area (Å²) in [6, 6.07) is 21.5. The number of hydrogen-bond donors (Lipinski definition) is 2. The Balaban J connectivity index is 1.49. The van der Waals surface area contributed by atoms with Crippen LogP contribution in [0.1, 0.15) is 60.6 Å². The number of nitrogens with zero attached hydrogens (tertiary/aromatic N) is 1. The van der Waals surface area contributed by atoms with E-state index < -0.39 is 17.9 Å². The van der Waals surface area contributed by atoms with E-state index in [1.165, 1.54) is 30.5 Å². The highest BCUT2D eigenvalue weighted by atomic mass is 16.5. The summed E-state index contributed by atoms with van der Waals surface area (Å²) in [6.45, 7) is 1.97. The molecule has 4 rings (SSSR count). The van der Waals surface area contributed by atoms with E-state index in [4.69, 9.17) is 9.47 Å². The molecule has 1 aliphatic rings. The first-order valence-corrected chi connectivity index (χ1v) is 13.8. The smallest absolute Gasteiger partial charge is 0.328 e. The van der Waals surface area contributed by atoms with Crippen LogP contribution < -0.4 is 10.1 Å². The Morgan fingerprint density at radius 1 is 1.05 bits per heavy atom. The minimum atomic E-state index is -0.826. The first-order valence-electron chi connectivity index (χ1n) is 13.8. The molecule has 1 aliphatic heterocycles. The second kappa shape index (κ2) is 13.8. The number of pyridine rings is 1. The van der Waals surface area contributed by atoms with Crippen LogP contribution in [0.5, 0.6) is 11.5 Å². The van der Waals surface area contributed by atoms with Crippen molar-refractivity contribution >= 4 is 11.9 Å². The van der Waals surface area contributed by atoms with Crippen LogP contribution in [0.2, 0.25) is 0 Å². The molecule has 0 radical (unpaired) electrons. The van der Waals surface area contributed by atoms with Crippen molar-refractivity contribution in [3.8, 4) is 11.5 Å². The average Bonchev–Trinajstić information content (AvgIpc) is 3.00. The maximum atomic E-state index is 13.3. The van der Waals surface area contributed by atoms with E-state index >= 15 is 0 Å². The molecule has 0 saturated carbocycles. The Morgan fingerprint density at radius 2 is 1.74 bits per heavy atom. The van der Waals surface area contributed by atoms with Crippen molar-refractivity contribution in [2.75, 3.05) is 7.11 Å². The molecule has 1 saturated heterocycles. The summed E-state index contributed by atoms with van der Waals surface area (Å²) < 4.78 is 11.1. The zero-order chi connectivity index (χ0) is 27.6. The van der Waals surface area contributed by atoms with Crippen LogP contribution in [-0.2, 0) is 22.4 Å². The van der Waals surface area contributed by atoms with E-state index in [1.54, 1.807) is 0 Å². The van der Waals surface area contributed by atoms with Crippen molar-refractivity contribution in [1.29, 1.82) is 0 Å². The summed E-state index contributed by atoms with van der Waals surface area (Å²) in [5.74, 6) is -0.783. The van der Waals surface area contributed by atoms with Gasteiger partial charge in [-0.15, -0.1) is 0 Å². The van der Waals surface area contributed by atoms with Crippen molar-refractivity contribution in [2.24, 2.45) is 11.8 Å². The number of esters is 1. The molecule has 3 aromatic rings. The van der Waals surface area contributed by atoms with Crippen molar-refractivity contribution in [2.45, 2.75) is 64.0 Å². The number of hydrogen-bond acceptors (Lipinski definition) is 6. The summed E-state index contributed by atoms with van der Waals surface area (Å²) in [5.41, 5.74) is 2.37. The fraction of sp³-hybridized carbons (Fsp3) is 0.406. The summed E-state index contributed by atoms with van der Waals surface area (Å²) in [6.07, 6.45) is 7.15. The average molecular weight is 531 g/mol. The third-order valence-electron chi connectivity index (χ3n) is 7.69. The molecule has 4 atom stereocenters. The number of benzene rings is 2. The normalized spacial score (nSPS) is 21.6. The van der Waals surface area contributed by atoms with Gasteiger partial charge in [-0.2, -0.15) is 0 Å². The zero-order valence-corrected chi connectivity index (χ0v) is 22.7. The molecule has 7 nitrogen and oxygen atoms in total. The third-order valence-corrected chi connectivity index (χ3v) is 7.69. The largest absolute Gasteiger partial charge is 0.503 e. The van der Waals surface area contributed by atoms with Gasteiger partial charge in [-0.25, -0.2) is 9.78 Å². The van der Waals surface area contributed by atoms with E-state index in [0.29, 0.717) is 12.3 Å². The standard InChI is InChI=1S/C32H38N2O5/c1-22-26(21-24-13-7-4-8-14-24)25(16-9-15-23-11-5-3-6-12-23)17-10-18-27(32(37)39-22)34-31(36)29-30(35)28(38-2)19-20-33-29/h3-8,11-14,19-20,22,25-27,35H,9-10,15-18,21H2,1-2H3,(H,34,36). The van der Waals surface area contributed by atoms with Crippen LogP contribution in [0.4, 0.5) is 0 Å². The van der Waals surface area contributed by atoms with Crippen LogP contribution in [0, 0.1) is 11.8 Å². The Hall–Kier alpha value is -3.87. The second-order valence-corrected chi connectivity index (χ2v) is 10.3. The van der Waals surface area contributed by atoms with Crippen LogP contribution in [0.15, 0.2) is 72.9 Å². The summed E-state index contributed by atoms with van der Waals surface area (Å²) in [7, 11) is 1.40. The molecule has 1 aromatic heterocycles. The Bertz CT molecular complexity index is 1220. The van der Waals surface area contributed by atoms with Crippen molar-refractivity contribution in [3.63, 3.8) is 0 Å². The summed E-state index contributed by atoms with van der Waals surface area (Å²) in [5, 5.41) is 13.1. The zero-order valence-electron chi connectivity index (χ0n) is 22.7. The number of amides is 1. The highest BCUT2D eigenvalue weighted by molar-refractivity contribution is 5.97. The van der Waals surface area contributed by atoms with Gasteiger partial charge in [0.2, 0.25) is 0 Å². The lowest BCUT2D eigenvalue weighted by Crippen LogP contribution is -2.43. The van der Waals surface area contributed by atoms with E-state index in [1.807, 2.05) is 31.2 Å². The van der Waals surface area contributed by atoms with Crippen LogP contribution in [0.25, 0.3) is 0 Å². The number of nitrogens with one attached hydrogen (secondary N) is 1. The van der Waals surface area contributed by atoms with Gasteiger partial charge in [-0.05, 0) is 62.5 Å². The molecule has 7 heteroatoms. The fourth-order valence-electron chi connectivity index (χ4n) is 5.57. The predicted octanol–water partition coefficient (Wildman–Crippen LogP) is 5.51. The number of aryl methyl sites for hydroxylation is 1. The minimum absolute atomic E-state index is 0.142. The molecule has 206 valence electrons. The number of ether oxygens (including phenoxy) is 2. The minimum Gasteiger partial charge on any atom is -0.503 e. The number of aromatic nitrogens is 1. The lowest BCUT2D eigenvalue weighted by Gasteiger charge is -2.31.